The van der Waals surface area contributed by atoms with Crippen LogP contribution in [0.1, 0.15) is 24.2 Å². The van der Waals surface area contributed by atoms with Gasteiger partial charge < -0.3 is 14.5 Å². The molecule has 9 heteroatoms. The van der Waals surface area contributed by atoms with Gasteiger partial charge in [0.2, 0.25) is 0 Å². The first-order valence-corrected chi connectivity index (χ1v) is 13.9. The maximum absolute atomic E-state index is 13.5. The van der Waals surface area contributed by atoms with Crippen LogP contribution in [0.25, 0.3) is 10.9 Å². The van der Waals surface area contributed by atoms with Crippen LogP contribution < -0.4 is 14.4 Å². The van der Waals surface area contributed by atoms with Crippen molar-refractivity contribution in [2.75, 3.05) is 29.8 Å². The Kier molecular flexibility index (Phi) is 6.94. The molecule has 5 rings (SSSR count). The van der Waals surface area contributed by atoms with E-state index in [4.69, 9.17) is 4.74 Å². The van der Waals surface area contributed by atoms with Gasteiger partial charge in [0.1, 0.15) is 10.6 Å². The SMILES string of the molecule is COc1ccccc1N1C[C@@H](C)N(C(=O)c2ccc(NS(=O)(=O)c3cccc4cccnc34)cc2)[C@@H](C)C1. The lowest BCUT2D eigenvalue weighted by Gasteiger charge is -2.45. The number of sulfonamides is 1. The number of aromatic nitrogens is 1. The summed E-state index contributed by atoms with van der Waals surface area (Å²) in [4.78, 5) is 22.0. The van der Waals surface area contributed by atoms with Gasteiger partial charge in [-0.2, -0.15) is 0 Å². The van der Waals surface area contributed by atoms with Crippen molar-refractivity contribution in [2.24, 2.45) is 0 Å². The average molecular weight is 531 g/mol. The van der Waals surface area contributed by atoms with Gasteiger partial charge in [-0.05, 0) is 62.4 Å². The van der Waals surface area contributed by atoms with E-state index >= 15 is 0 Å². The van der Waals surface area contributed by atoms with Crippen molar-refractivity contribution >= 4 is 38.2 Å². The highest BCUT2D eigenvalue weighted by molar-refractivity contribution is 7.93. The van der Waals surface area contributed by atoms with E-state index in [9.17, 15) is 13.2 Å². The third-order valence-corrected chi connectivity index (χ3v) is 8.26. The van der Waals surface area contributed by atoms with E-state index in [1.54, 1.807) is 49.7 Å². The summed E-state index contributed by atoms with van der Waals surface area (Å²) >= 11 is 0. The van der Waals surface area contributed by atoms with Gasteiger partial charge in [0.25, 0.3) is 15.9 Å². The number of carbonyl (C=O) groups is 1. The Morgan fingerprint density at radius 3 is 2.32 bits per heavy atom. The molecule has 8 nitrogen and oxygen atoms in total. The molecule has 1 fully saturated rings. The maximum Gasteiger partial charge on any atom is 0.264 e. The van der Waals surface area contributed by atoms with Gasteiger partial charge in [0, 0.05) is 48.0 Å². The summed E-state index contributed by atoms with van der Waals surface area (Å²) in [6.45, 7) is 5.42. The minimum absolute atomic E-state index is 0.0341. The molecule has 1 aliphatic rings. The molecule has 2 atom stereocenters. The summed E-state index contributed by atoms with van der Waals surface area (Å²) < 4.78 is 34.4. The number of para-hydroxylation sites is 3. The van der Waals surface area contributed by atoms with Gasteiger partial charge >= 0.3 is 0 Å². The van der Waals surface area contributed by atoms with Gasteiger partial charge in [-0.15, -0.1) is 0 Å². The normalized spacial score (nSPS) is 17.9. The molecule has 3 aromatic carbocycles. The van der Waals surface area contributed by atoms with Crippen LogP contribution in [-0.4, -0.2) is 56.5 Å². The quantitative estimate of drug-likeness (QED) is 0.386. The first-order valence-electron chi connectivity index (χ1n) is 12.5. The number of benzene rings is 3. The predicted octanol–water partition coefficient (Wildman–Crippen LogP) is 4.78. The van der Waals surface area contributed by atoms with Crippen molar-refractivity contribution in [3.05, 3.63) is 90.6 Å². The third kappa shape index (κ3) is 4.89. The van der Waals surface area contributed by atoms with Crippen LogP contribution in [-0.2, 0) is 10.0 Å². The minimum Gasteiger partial charge on any atom is -0.495 e. The first-order chi connectivity index (χ1) is 18.3. The number of ether oxygens (including phenoxy) is 1. The molecular weight excluding hydrogens is 500 g/mol. The van der Waals surface area contributed by atoms with Crippen LogP contribution >= 0.6 is 0 Å². The number of hydrogen-bond donors (Lipinski definition) is 1. The Bertz CT molecular complexity index is 1560. The molecule has 0 saturated carbocycles. The van der Waals surface area contributed by atoms with Gasteiger partial charge in [-0.3, -0.25) is 14.5 Å². The summed E-state index contributed by atoms with van der Waals surface area (Å²) in [5.74, 6) is 0.723. The summed E-state index contributed by atoms with van der Waals surface area (Å²) in [5.41, 5.74) is 2.30. The number of hydrogen-bond acceptors (Lipinski definition) is 6. The van der Waals surface area contributed by atoms with Crippen molar-refractivity contribution in [3.63, 3.8) is 0 Å². The van der Waals surface area contributed by atoms with Crippen LogP contribution in [0.2, 0.25) is 0 Å². The fraction of sp³-hybridized carbons (Fsp3) is 0.241. The van der Waals surface area contributed by atoms with Gasteiger partial charge in [0.15, 0.2) is 0 Å². The molecule has 0 aliphatic carbocycles. The maximum atomic E-state index is 13.5. The Morgan fingerprint density at radius 1 is 0.921 bits per heavy atom. The summed E-state index contributed by atoms with van der Waals surface area (Å²) in [6.07, 6.45) is 1.57. The number of fused-ring (bicyclic) bond motifs is 1. The minimum atomic E-state index is -3.87. The molecule has 2 heterocycles. The number of nitrogens with one attached hydrogen (secondary N) is 1. The highest BCUT2D eigenvalue weighted by atomic mass is 32.2. The number of piperazine rings is 1. The van der Waals surface area contributed by atoms with Crippen LogP contribution in [0.5, 0.6) is 5.75 Å². The molecule has 4 aromatic rings. The molecule has 196 valence electrons. The number of pyridine rings is 1. The number of rotatable bonds is 6. The number of amides is 1. The van der Waals surface area contributed by atoms with E-state index in [0.717, 1.165) is 16.8 Å². The number of methoxy groups -OCH3 is 1. The molecule has 0 unspecified atom stereocenters. The lowest BCUT2D eigenvalue weighted by molar-refractivity contribution is 0.0574. The molecule has 0 radical (unpaired) electrons. The van der Waals surface area contributed by atoms with Crippen LogP contribution in [0.15, 0.2) is 90.0 Å². The van der Waals surface area contributed by atoms with Crippen molar-refractivity contribution < 1.29 is 17.9 Å². The van der Waals surface area contributed by atoms with E-state index in [1.807, 2.05) is 55.1 Å². The predicted molar refractivity (Wildman–Crippen MR) is 149 cm³/mol. The van der Waals surface area contributed by atoms with E-state index < -0.39 is 10.0 Å². The zero-order valence-electron chi connectivity index (χ0n) is 21.5. The summed E-state index contributed by atoms with van der Waals surface area (Å²) in [7, 11) is -2.21. The van der Waals surface area contributed by atoms with Crippen molar-refractivity contribution in [2.45, 2.75) is 30.8 Å². The standard InChI is InChI=1S/C29H30N4O4S/c1-20-18-32(25-10-4-5-11-26(25)37-3)19-21(2)33(20)29(34)23-13-15-24(16-14-23)31-38(35,36)27-12-6-8-22-9-7-17-30-28(22)27/h4-17,20-21,31H,18-19H2,1-3H3/t20-,21+. The zero-order valence-corrected chi connectivity index (χ0v) is 22.4. The second-order valence-corrected chi connectivity index (χ2v) is 11.2. The molecular formula is C29H30N4O4S. The van der Waals surface area contributed by atoms with Crippen molar-refractivity contribution in [1.82, 2.24) is 9.88 Å². The molecule has 0 bridgehead atoms. The monoisotopic (exact) mass is 530 g/mol. The van der Waals surface area contributed by atoms with Gasteiger partial charge in [0.05, 0.1) is 18.3 Å². The van der Waals surface area contributed by atoms with E-state index in [0.29, 0.717) is 29.9 Å². The highest BCUT2D eigenvalue weighted by Gasteiger charge is 2.34. The van der Waals surface area contributed by atoms with Crippen molar-refractivity contribution in [1.29, 1.82) is 0 Å². The second kappa shape index (κ2) is 10.3. The largest absolute Gasteiger partial charge is 0.495 e. The molecule has 38 heavy (non-hydrogen) atoms. The van der Waals surface area contributed by atoms with Gasteiger partial charge in [-0.1, -0.05) is 30.3 Å². The van der Waals surface area contributed by atoms with Crippen LogP contribution in [0.3, 0.4) is 0 Å². The number of carbonyl (C=O) groups excluding carboxylic acids is 1. The lowest BCUT2D eigenvalue weighted by atomic mass is 10.0. The number of anilines is 2. The fourth-order valence-electron chi connectivity index (χ4n) is 5.14. The smallest absolute Gasteiger partial charge is 0.264 e. The zero-order chi connectivity index (χ0) is 26.9. The first kappa shape index (κ1) is 25.5. The lowest BCUT2D eigenvalue weighted by Crippen LogP contribution is -2.58. The number of nitrogens with zero attached hydrogens (tertiary/aromatic N) is 3. The Labute approximate surface area is 222 Å². The third-order valence-electron chi connectivity index (χ3n) is 6.85. The fourth-order valence-corrected chi connectivity index (χ4v) is 6.38. The van der Waals surface area contributed by atoms with E-state index in [1.165, 1.54) is 6.07 Å². The Balaban J connectivity index is 1.31. The molecule has 1 N–H and O–H groups in total. The molecule has 1 amide bonds. The Morgan fingerprint density at radius 2 is 1.61 bits per heavy atom. The summed E-state index contributed by atoms with van der Waals surface area (Å²) in [5, 5.41) is 0.741. The average Bonchev–Trinajstić information content (AvgIpc) is 2.92. The molecule has 1 saturated heterocycles. The Hall–Kier alpha value is -4.11. The van der Waals surface area contributed by atoms with Crippen LogP contribution in [0.4, 0.5) is 11.4 Å². The van der Waals surface area contributed by atoms with Crippen LogP contribution in [0, 0.1) is 0 Å². The second-order valence-electron chi connectivity index (χ2n) is 9.50. The van der Waals surface area contributed by atoms with E-state index in [2.05, 4.69) is 14.6 Å². The molecule has 0 spiro atoms. The summed E-state index contributed by atoms with van der Waals surface area (Å²) in [6, 6.07) is 23.0. The molecule has 1 aromatic heterocycles. The topological polar surface area (TPSA) is 91.8 Å². The van der Waals surface area contributed by atoms with E-state index in [-0.39, 0.29) is 22.9 Å². The van der Waals surface area contributed by atoms with Gasteiger partial charge in [-0.25, -0.2) is 8.42 Å². The molecule has 1 aliphatic heterocycles. The van der Waals surface area contributed by atoms with Crippen molar-refractivity contribution in [3.8, 4) is 5.75 Å². The highest BCUT2D eigenvalue weighted by Crippen LogP contribution is 2.31.